The largest absolute Gasteiger partial charge is 0.355 e. The van der Waals surface area contributed by atoms with Crippen molar-refractivity contribution in [3.63, 3.8) is 0 Å². The number of aromatic nitrogens is 1. The summed E-state index contributed by atoms with van der Waals surface area (Å²) in [6, 6.07) is 25.9. The molecule has 1 heteroatoms. The summed E-state index contributed by atoms with van der Waals surface area (Å²) >= 11 is 0. The van der Waals surface area contributed by atoms with Crippen molar-refractivity contribution in [1.29, 1.82) is 0 Å². The number of H-pyrrole nitrogens is 1. The van der Waals surface area contributed by atoms with Gasteiger partial charge in [-0.25, -0.2) is 0 Å². The Bertz CT molecular complexity index is 1060. The van der Waals surface area contributed by atoms with Gasteiger partial charge in [-0.3, -0.25) is 0 Å². The maximum atomic E-state index is 4.12. The van der Waals surface area contributed by atoms with E-state index in [9.17, 15) is 0 Å². The molecule has 1 N–H and O–H groups in total. The Kier molecular flexibility index (Phi) is 3.77. The summed E-state index contributed by atoms with van der Waals surface area (Å²) in [7, 11) is 0. The maximum Gasteiger partial charge on any atom is 0.0458 e. The molecule has 122 valence electrons. The first-order valence-electron chi connectivity index (χ1n) is 8.57. The van der Waals surface area contributed by atoms with Crippen LogP contribution in [0.3, 0.4) is 0 Å². The van der Waals surface area contributed by atoms with Crippen LogP contribution in [0.5, 0.6) is 0 Å². The zero-order valence-electron chi connectivity index (χ0n) is 14.6. The Balaban J connectivity index is 1.79. The van der Waals surface area contributed by atoms with Crippen molar-refractivity contribution in [2.24, 2.45) is 0 Å². The fourth-order valence-electron chi connectivity index (χ4n) is 3.28. The first-order chi connectivity index (χ1) is 12.1. The van der Waals surface area contributed by atoms with Crippen LogP contribution in [0.2, 0.25) is 0 Å². The van der Waals surface area contributed by atoms with Crippen LogP contribution in [0.1, 0.15) is 18.1 Å². The average molecular weight is 323 g/mol. The minimum Gasteiger partial charge on any atom is -0.355 e. The second kappa shape index (κ2) is 6.10. The van der Waals surface area contributed by atoms with Crippen LogP contribution in [0.4, 0.5) is 0 Å². The van der Waals surface area contributed by atoms with Gasteiger partial charge in [-0.05, 0) is 59.5 Å². The van der Waals surface area contributed by atoms with Crippen LogP contribution in [-0.2, 0) is 0 Å². The molecule has 4 rings (SSSR count). The Hall–Kier alpha value is -3.06. The third kappa shape index (κ3) is 2.89. The zero-order chi connectivity index (χ0) is 17.4. The summed E-state index contributed by atoms with van der Waals surface area (Å²) in [5.41, 5.74) is 8.26. The summed E-state index contributed by atoms with van der Waals surface area (Å²) < 4.78 is 0. The molecule has 1 aromatic heterocycles. The molecule has 0 unspecified atom stereocenters. The molecule has 0 spiro atoms. The normalized spacial score (nSPS) is 11.0. The number of fused-ring (bicyclic) bond motifs is 1. The van der Waals surface area contributed by atoms with Gasteiger partial charge >= 0.3 is 0 Å². The maximum absolute atomic E-state index is 4.12. The van der Waals surface area contributed by atoms with Crippen molar-refractivity contribution < 1.29 is 0 Å². The van der Waals surface area contributed by atoms with Gasteiger partial charge in [0.1, 0.15) is 0 Å². The van der Waals surface area contributed by atoms with Crippen LogP contribution < -0.4 is 0 Å². The van der Waals surface area contributed by atoms with Gasteiger partial charge in [-0.2, -0.15) is 0 Å². The third-order valence-corrected chi connectivity index (χ3v) is 4.70. The molecule has 4 aromatic rings. The molecule has 0 aliphatic rings. The highest BCUT2D eigenvalue weighted by Crippen LogP contribution is 2.30. The van der Waals surface area contributed by atoms with Gasteiger partial charge in [0.05, 0.1) is 0 Å². The number of benzene rings is 3. The minimum atomic E-state index is 1.09. The van der Waals surface area contributed by atoms with Crippen LogP contribution in [0.15, 0.2) is 79.4 Å². The fraction of sp³-hybridized carbons (Fsp3) is 0.0833. The van der Waals surface area contributed by atoms with Crippen molar-refractivity contribution in [3.8, 4) is 22.5 Å². The molecular formula is C24H21N. The predicted octanol–water partition coefficient (Wildman–Crippen LogP) is 6.84. The topological polar surface area (TPSA) is 15.8 Å². The highest BCUT2D eigenvalue weighted by atomic mass is 14.7. The summed E-state index contributed by atoms with van der Waals surface area (Å²) in [5.74, 6) is 0. The minimum absolute atomic E-state index is 1.09. The van der Waals surface area contributed by atoms with Gasteiger partial charge in [0.15, 0.2) is 0 Å². The van der Waals surface area contributed by atoms with Gasteiger partial charge in [0.2, 0.25) is 0 Å². The van der Waals surface area contributed by atoms with Gasteiger partial charge in [-0.1, -0.05) is 72.3 Å². The first kappa shape index (κ1) is 15.5. The standard InChI is InChI=1S/C24H21N/c1-16(2)21-6-4-5-18-11-12-20(15-22(18)21)24-14-13-23(25-24)19-9-7-17(3)8-10-19/h4-15,25H,1H2,2-3H3. The molecule has 0 atom stereocenters. The molecule has 0 saturated carbocycles. The Morgan fingerprint density at radius 1 is 0.800 bits per heavy atom. The molecule has 0 fully saturated rings. The zero-order valence-corrected chi connectivity index (χ0v) is 14.6. The molecule has 0 aliphatic heterocycles. The summed E-state index contributed by atoms with van der Waals surface area (Å²) in [6.45, 7) is 8.29. The van der Waals surface area contributed by atoms with E-state index in [1.807, 2.05) is 0 Å². The van der Waals surface area contributed by atoms with Gasteiger partial charge in [0.25, 0.3) is 0 Å². The van der Waals surface area contributed by atoms with Crippen molar-refractivity contribution in [1.82, 2.24) is 4.98 Å². The number of aromatic amines is 1. The lowest BCUT2D eigenvalue weighted by molar-refractivity contribution is 1.38. The lowest BCUT2D eigenvalue weighted by atomic mass is 9.97. The van der Waals surface area contributed by atoms with Gasteiger partial charge < -0.3 is 4.98 Å². The second-order valence-electron chi connectivity index (χ2n) is 6.67. The van der Waals surface area contributed by atoms with Crippen LogP contribution in [-0.4, -0.2) is 4.98 Å². The average Bonchev–Trinajstić information content (AvgIpc) is 3.11. The first-order valence-corrected chi connectivity index (χ1v) is 8.57. The predicted molar refractivity (Wildman–Crippen MR) is 109 cm³/mol. The van der Waals surface area contributed by atoms with Crippen LogP contribution in [0, 0.1) is 6.92 Å². The highest BCUT2D eigenvalue weighted by Gasteiger charge is 2.07. The van der Waals surface area contributed by atoms with Gasteiger partial charge in [0, 0.05) is 11.4 Å². The third-order valence-electron chi connectivity index (χ3n) is 4.70. The Morgan fingerprint density at radius 2 is 1.48 bits per heavy atom. The van der Waals surface area contributed by atoms with E-state index >= 15 is 0 Å². The van der Waals surface area contributed by atoms with E-state index < -0.39 is 0 Å². The van der Waals surface area contributed by atoms with Gasteiger partial charge in [-0.15, -0.1) is 0 Å². The number of aryl methyl sites for hydroxylation is 1. The van der Waals surface area contributed by atoms with Crippen molar-refractivity contribution in [2.45, 2.75) is 13.8 Å². The molecule has 25 heavy (non-hydrogen) atoms. The van der Waals surface area contributed by atoms with E-state index in [1.54, 1.807) is 0 Å². The monoisotopic (exact) mass is 323 g/mol. The molecule has 1 nitrogen and oxygen atoms in total. The summed E-state index contributed by atoms with van der Waals surface area (Å²) in [6.07, 6.45) is 0. The van der Waals surface area contributed by atoms with E-state index in [2.05, 4.69) is 98.2 Å². The molecule has 0 radical (unpaired) electrons. The lowest BCUT2D eigenvalue weighted by Gasteiger charge is -2.08. The van der Waals surface area contributed by atoms with Crippen molar-refractivity contribution >= 4 is 16.3 Å². The molecule has 0 bridgehead atoms. The summed E-state index contributed by atoms with van der Waals surface area (Å²) in [4.78, 5) is 3.56. The number of nitrogens with one attached hydrogen (secondary N) is 1. The second-order valence-corrected chi connectivity index (χ2v) is 6.67. The lowest BCUT2D eigenvalue weighted by Crippen LogP contribution is -1.85. The van der Waals surface area contributed by atoms with E-state index in [1.165, 1.54) is 33.0 Å². The SMILES string of the molecule is C=C(C)c1cccc2ccc(-c3ccc(-c4ccc(C)cc4)[nH]3)cc12. The fourth-order valence-corrected chi connectivity index (χ4v) is 3.28. The Labute approximate surface area is 148 Å². The van der Waals surface area contributed by atoms with Crippen molar-refractivity contribution in [2.75, 3.05) is 0 Å². The van der Waals surface area contributed by atoms with Crippen LogP contribution in [0.25, 0.3) is 38.9 Å². The van der Waals surface area contributed by atoms with E-state index in [0.29, 0.717) is 0 Å². The molecule has 3 aromatic carbocycles. The molecular weight excluding hydrogens is 302 g/mol. The number of hydrogen-bond acceptors (Lipinski definition) is 0. The highest BCUT2D eigenvalue weighted by molar-refractivity contribution is 5.95. The quantitative estimate of drug-likeness (QED) is 0.424. The molecule has 0 aliphatic carbocycles. The molecule has 1 heterocycles. The Morgan fingerprint density at radius 3 is 2.20 bits per heavy atom. The van der Waals surface area contributed by atoms with E-state index in [0.717, 1.165) is 17.0 Å². The van der Waals surface area contributed by atoms with E-state index in [4.69, 9.17) is 0 Å². The van der Waals surface area contributed by atoms with Crippen molar-refractivity contribution in [3.05, 3.63) is 90.5 Å². The number of hydrogen-bond donors (Lipinski definition) is 1. The smallest absolute Gasteiger partial charge is 0.0458 e. The van der Waals surface area contributed by atoms with Crippen LogP contribution >= 0.6 is 0 Å². The molecule has 0 saturated heterocycles. The molecule has 0 amide bonds. The van der Waals surface area contributed by atoms with E-state index in [-0.39, 0.29) is 0 Å². The summed E-state index contributed by atoms with van der Waals surface area (Å²) in [5, 5.41) is 2.49. The number of allylic oxidation sites excluding steroid dienone is 1. The number of rotatable bonds is 3.